The van der Waals surface area contributed by atoms with E-state index in [9.17, 15) is 4.79 Å². The van der Waals surface area contributed by atoms with Gasteiger partial charge in [0, 0.05) is 41.4 Å². The van der Waals surface area contributed by atoms with E-state index >= 15 is 0 Å². The van der Waals surface area contributed by atoms with Crippen LogP contribution in [0.15, 0.2) is 61.3 Å². The number of benzene rings is 2. The molecule has 194 valence electrons. The van der Waals surface area contributed by atoms with Gasteiger partial charge in [0.15, 0.2) is 0 Å². The molecular formula is C29H37N7O. The van der Waals surface area contributed by atoms with E-state index in [1.165, 1.54) is 54.9 Å². The fourth-order valence-corrected chi connectivity index (χ4v) is 5.29. The standard InChI is InChI=1S/C29H37N7O/c1-21(24-5-7-26(8-6-24)34-22(2)37)30-17-23-11-14-35(15-12-23)13-3-4-25-18-31-29-10-9-27(16-28(25)29)36-19-32-33-20-36/h5-10,16,18-21,23,30-31H,3-4,11-15,17H2,1-2H3,(H,34,37)/t21-/m1/s1. The van der Waals surface area contributed by atoms with Gasteiger partial charge in [-0.25, -0.2) is 0 Å². The second kappa shape index (κ2) is 11.7. The average Bonchev–Trinajstić information content (AvgIpc) is 3.58. The molecule has 3 N–H and O–H groups in total. The molecule has 5 rings (SSSR count). The first-order chi connectivity index (χ1) is 18.0. The highest BCUT2D eigenvalue weighted by atomic mass is 16.1. The molecule has 1 saturated heterocycles. The number of nitrogens with zero attached hydrogens (tertiary/aromatic N) is 4. The topological polar surface area (TPSA) is 90.9 Å². The highest BCUT2D eigenvalue weighted by molar-refractivity contribution is 5.88. The number of piperidine rings is 1. The predicted octanol–water partition coefficient (Wildman–Crippen LogP) is 4.70. The number of H-pyrrole nitrogens is 1. The maximum atomic E-state index is 11.2. The normalized spacial score (nSPS) is 15.7. The summed E-state index contributed by atoms with van der Waals surface area (Å²) in [7, 11) is 0. The third-order valence-electron chi connectivity index (χ3n) is 7.54. The van der Waals surface area contributed by atoms with E-state index in [0.29, 0.717) is 6.04 Å². The third-order valence-corrected chi connectivity index (χ3v) is 7.54. The Morgan fingerprint density at radius 2 is 1.86 bits per heavy atom. The summed E-state index contributed by atoms with van der Waals surface area (Å²) < 4.78 is 1.94. The van der Waals surface area contributed by atoms with Gasteiger partial charge in [0.05, 0.1) is 0 Å². The zero-order valence-electron chi connectivity index (χ0n) is 21.8. The first-order valence-corrected chi connectivity index (χ1v) is 13.3. The Morgan fingerprint density at radius 1 is 1.11 bits per heavy atom. The molecule has 4 aromatic rings. The molecule has 0 spiro atoms. The fraction of sp³-hybridized carbons (Fsp3) is 0.414. The van der Waals surface area contributed by atoms with Crippen molar-refractivity contribution in [1.82, 2.24) is 30.0 Å². The lowest BCUT2D eigenvalue weighted by atomic mass is 9.95. The average molecular weight is 500 g/mol. The molecule has 1 fully saturated rings. The predicted molar refractivity (Wildman–Crippen MR) is 148 cm³/mol. The quantitative estimate of drug-likeness (QED) is 0.294. The number of rotatable bonds is 10. The molecule has 2 aromatic heterocycles. The molecule has 8 nitrogen and oxygen atoms in total. The number of nitrogens with one attached hydrogen (secondary N) is 3. The molecule has 0 saturated carbocycles. The van der Waals surface area contributed by atoms with Crippen molar-refractivity contribution < 1.29 is 4.79 Å². The molecule has 1 aliphatic rings. The van der Waals surface area contributed by atoms with E-state index in [2.05, 4.69) is 74.2 Å². The van der Waals surface area contributed by atoms with Crippen LogP contribution in [0.5, 0.6) is 0 Å². The van der Waals surface area contributed by atoms with E-state index < -0.39 is 0 Å². The first kappa shape index (κ1) is 25.2. The van der Waals surface area contributed by atoms with Crippen molar-refractivity contribution in [3.8, 4) is 5.69 Å². The Hall–Kier alpha value is -3.49. The summed E-state index contributed by atoms with van der Waals surface area (Å²) in [6.45, 7) is 8.30. The van der Waals surface area contributed by atoms with Crippen molar-refractivity contribution in [3.63, 3.8) is 0 Å². The van der Waals surface area contributed by atoms with Gasteiger partial charge in [0.1, 0.15) is 12.7 Å². The molecule has 3 heterocycles. The van der Waals surface area contributed by atoms with Crippen LogP contribution in [0.2, 0.25) is 0 Å². The van der Waals surface area contributed by atoms with Gasteiger partial charge in [-0.2, -0.15) is 0 Å². The number of carbonyl (C=O) groups excluding carboxylic acids is 1. The van der Waals surface area contributed by atoms with Gasteiger partial charge in [0.2, 0.25) is 5.91 Å². The lowest BCUT2D eigenvalue weighted by Gasteiger charge is -2.32. The largest absolute Gasteiger partial charge is 0.361 e. The van der Waals surface area contributed by atoms with Gasteiger partial charge < -0.3 is 20.5 Å². The van der Waals surface area contributed by atoms with Crippen molar-refractivity contribution in [3.05, 3.63) is 72.4 Å². The summed E-state index contributed by atoms with van der Waals surface area (Å²) in [6, 6.07) is 14.9. The van der Waals surface area contributed by atoms with Crippen LogP contribution in [-0.2, 0) is 11.2 Å². The van der Waals surface area contributed by atoms with Crippen LogP contribution < -0.4 is 10.6 Å². The molecule has 0 aliphatic carbocycles. The van der Waals surface area contributed by atoms with Crippen LogP contribution in [0.25, 0.3) is 16.6 Å². The number of fused-ring (bicyclic) bond motifs is 1. The molecule has 1 aliphatic heterocycles. The van der Waals surface area contributed by atoms with Crippen LogP contribution in [-0.4, -0.2) is 56.7 Å². The summed E-state index contributed by atoms with van der Waals surface area (Å²) in [4.78, 5) is 17.3. The maximum Gasteiger partial charge on any atom is 0.221 e. The lowest BCUT2D eigenvalue weighted by Crippen LogP contribution is -2.38. The zero-order chi connectivity index (χ0) is 25.6. The zero-order valence-corrected chi connectivity index (χ0v) is 21.8. The lowest BCUT2D eigenvalue weighted by molar-refractivity contribution is -0.114. The molecule has 37 heavy (non-hydrogen) atoms. The Bertz CT molecular complexity index is 1290. The number of aromatic amines is 1. The van der Waals surface area contributed by atoms with Crippen LogP contribution in [0.3, 0.4) is 0 Å². The van der Waals surface area contributed by atoms with Gasteiger partial charge >= 0.3 is 0 Å². The molecular weight excluding hydrogens is 462 g/mol. The van der Waals surface area contributed by atoms with Crippen LogP contribution >= 0.6 is 0 Å². The number of likely N-dealkylation sites (tertiary alicyclic amines) is 1. The van der Waals surface area contributed by atoms with Crippen LogP contribution in [0.4, 0.5) is 5.69 Å². The van der Waals surface area contributed by atoms with Crippen molar-refractivity contribution in [2.75, 3.05) is 31.5 Å². The van der Waals surface area contributed by atoms with Crippen molar-refractivity contribution in [2.24, 2.45) is 5.92 Å². The summed E-state index contributed by atoms with van der Waals surface area (Å²) in [5.74, 6) is 0.684. The minimum Gasteiger partial charge on any atom is -0.361 e. The van der Waals surface area contributed by atoms with E-state index in [4.69, 9.17) is 0 Å². The monoisotopic (exact) mass is 499 g/mol. The minimum atomic E-state index is -0.0404. The van der Waals surface area contributed by atoms with E-state index in [1.807, 2.05) is 16.7 Å². The van der Waals surface area contributed by atoms with Crippen molar-refractivity contribution in [1.29, 1.82) is 0 Å². The summed E-state index contributed by atoms with van der Waals surface area (Å²) >= 11 is 0. The smallest absolute Gasteiger partial charge is 0.221 e. The summed E-state index contributed by atoms with van der Waals surface area (Å²) in [6.07, 6.45) is 10.4. The highest BCUT2D eigenvalue weighted by Crippen LogP contribution is 2.24. The Balaban J connectivity index is 1.04. The number of aromatic nitrogens is 4. The number of hydrogen-bond donors (Lipinski definition) is 3. The molecule has 0 bridgehead atoms. The van der Waals surface area contributed by atoms with Gasteiger partial charge in [-0.15, -0.1) is 10.2 Å². The molecule has 8 heteroatoms. The van der Waals surface area contributed by atoms with Gasteiger partial charge in [-0.1, -0.05) is 12.1 Å². The Morgan fingerprint density at radius 3 is 2.59 bits per heavy atom. The van der Waals surface area contributed by atoms with Gasteiger partial charge in [-0.3, -0.25) is 9.36 Å². The minimum absolute atomic E-state index is 0.0404. The maximum absolute atomic E-state index is 11.2. The molecule has 1 atom stereocenters. The Labute approximate surface area is 218 Å². The number of anilines is 1. The summed E-state index contributed by atoms with van der Waals surface area (Å²) in [5, 5.41) is 15.7. The number of aryl methyl sites for hydroxylation is 1. The van der Waals surface area contributed by atoms with Crippen LogP contribution in [0.1, 0.15) is 50.3 Å². The molecule has 0 unspecified atom stereocenters. The van der Waals surface area contributed by atoms with E-state index in [1.54, 1.807) is 12.7 Å². The van der Waals surface area contributed by atoms with E-state index in [-0.39, 0.29) is 5.91 Å². The third kappa shape index (κ3) is 6.45. The first-order valence-electron chi connectivity index (χ1n) is 13.3. The summed E-state index contributed by atoms with van der Waals surface area (Å²) in [5.41, 5.74) is 5.74. The number of amides is 1. The molecule has 0 radical (unpaired) electrons. The Kier molecular flexibility index (Phi) is 7.96. The van der Waals surface area contributed by atoms with Crippen molar-refractivity contribution >= 4 is 22.5 Å². The molecule has 1 amide bonds. The van der Waals surface area contributed by atoms with Gasteiger partial charge in [-0.05, 0) is 106 Å². The van der Waals surface area contributed by atoms with Gasteiger partial charge in [0.25, 0.3) is 0 Å². The molecule has 2 aromatic carbocycles. The fourth-order valence-electron chi connectivity index (χ4n) is 5.29. The highest BCUT2D eigenvalue weighted by Gasteiger charge is 2.19. The van der Waals surface area contributed by atoms with Crippen LogP contribution in [0, 0.1) is 5.92 Å². The van der Waals surface area contributed by atoms with Crippen molar-refractivity contribution in [2.45, 2.75) is 45.6 Å². The second-order valence-electron chi connectivity index (χ2n) is 10.2. The number of hydrogen-bond acceptors (Lipinski definition) is 5. The van der Waals surface area contributed by atoms with E-state index in [0.717, 1.165) is 43.2 Å². The number of carbonyl (C=O) groups is 1. The second-order valence-corrected chi connectivity index (χ2v) is 10.2. The SMILES string of the molecule is CC(=O)Nc1ccc([C@@H](C)NCC2CCN(CCCc3c[nH]c4ccc(-n5cnnc5)cc34)CC2)cc1.